The molecule has 0 aromatic heterocycles. The molecule has 0 spiro atoms. The number of hydrogen-bond donors (Lipinski definition) is 1. The fourth-order valence-corrected chi connectivity index (χ4v) is 2.27. The van der Waals surface area contributed by atoms with Crippen LogP contribution in [0.25, 0.3) is 6.08 Å². The number of halogens is 2. The molecule has 0 aliphatic rings. The molecular formula is C19H17ClFNO5. The van der Waals surface area contributed by atoms with Gasteiger partial charge in [0.1, 0.15) is 17.3 Å². The summed E-state index contributed by atoms with van der Waals surface area (Å²) in [5.41, 5.74) is 0.879. The average molecular weight is 394 g/mol. The van der Waals surface area contributed by atoms with Gasteiger partial charge in [-0.15, -0.1) is 0 Å². The zero-order chi connectivity index (χ0) is 19.8. The molecular weight excluding hydrogens is 377 g/mol. The summed E-state index contributed by atoms with van der Waals surface area (Å²) < 4.78 is 28.1. The summed E-state index contributed by atoms with van der Waals surface area (Å²) >= 11 is 5.81. The predicted octanol–water partition coefficient (Wildman–Crippen LogP) is 3.69. The number of benzene rings is 2. The first-order chi connectivity index (χ1) is 12.9. The van der Waals surface area contributed by atoms with Crippen LogP contribution >= 0.6 is 11.6 Å². The first-order valence-electron chi connectivity index (χ1n) is 7.74. The van der Waals surface area contributed by atoms with Gasteiger partial charge in [-0.3, -0.25) is 4.79 Å². The lowest BCUT2D eigenvalue weighted by Gasteiger charge is -2.07. The summed E-state index contributed by atoms with van der Waals surface area (Å²) in [5, 5.41) is 2.47. The van der Waals surface area contributed by atoms with E-state index in [1.165, 1.54) is 32.4 Å². The second-order valence-corrected chi connectivity index (χ2v) is 5.67. The number of carbonyl (C=O) groups excluding carboxylic acids is 2. The molecule has 0 radical (unpaired) electrons. The van der Waals surface area contributed by atoms with Gasteiger partial charge >= 0.3 is 5.97 Å². The topological polar surface area (TPSA) is 73.9 Å². The number of ether oxygens (including phenoxy) is 3. The van der Waals surface area contributed by atoms with Gasteiger partial charge in [0.25, 0.3) is 5.91 Å². The van der Waals surface area contributed by atoms with Gasteiger partial charge in [-0.05, 0) is 42.0 Å². The van der Waals surface area contributed by atoms with Crippen LogP contribution in [0.5, 0.6) is 11.5 Å². The van der Waals surface area contributed by atoms with Gasteiger partial charge in [0, 0.05) is 12.1 Å². The summed E-state index contributed by atoms with van der Waals surface area (Å²) in [6, 6.07) is 8.63. The first-order valence-corrected chi connectivity index (χ1v) is 8.12. The van der Waals surface area contributed by atoms with Gasteiger partial charge in [0.15, 0.2) is 6.61 Å². The number of amides is 1. The third-order valence-corrected chi connectivity index (χ3v) is 3.65. The molecule has 2 rings (SSSR count). The summed E-state index contributed by atoms with van der Waals surface area (Å²) in [5.74, 6) is -0.704. The minimum absolute atomic E-state index is 0.0431. The van der Waals surface area contributed by atoms with E-state index < -0.39 is 24.3 Å². The van der Waals surface area contributed by atoms with Crippen LogP contribution in [0.4, 0.5) is 10.1 Å². The summed E-state index contributed by atoms with van der Waals surface area (Å²) in [6.45, 7) is -0.516. The van der Waals surface area contributed by atoms with Crippen molar-refractivity contribution in [3.63, 3.8) is 0 Å². The lowest BCUT2D eigenvalue weighted by Crippen LogP contribution is -2.20. The quantitative estimate of drug-likeness (QED) is 0.573. The van der Waals surface area contributed by atoms with Crippen LogP contribution in [0.15, 0.2) is 42.5 Å². The molecule has 0 atom stereocenters. The molecule has 0 saturated carbocycles. The highest BCUT2D eigenvalue weighted by atomic mass is 35.5. The van der Waals surface area contributed by atoms with E-state index in [9.17, 15) is 14.0 Å². The molecule has 0 fully saturated rings. The number of rotatable bonds is 7. The van der Waals surface area contributed by atoms with Crippen LogP contribution in [0.1, 0.15) is 5.56 Å². The van der Waals surface area contributed by atoms with Gasteiger partial charge in [0.2, 0.25) is 0 Å². The fourth-order valence-electron chi connectivity index (χ4n) is 2.05. The molecule has 27 heavy (non-hydrogen) atoms. The fraction of sp³-hybridized carbons (Fsp3) is 0.158. The molecule has 0 unspecified atom stereocenters. The number of methoxy groups -OCH3 is 2. The summed E-state index contributed by atoms with van der Waals surface area (Å²) in [6.07, 6.45) is 2.68. The lowest BCUT2D eigenvalue weighted by atomic mass is 10.2. The second kappa shape index (κ2) is 9.59. The van der Waals surface area contributed by atoms with Gasteiger partial charge in [-0.2, -0.15) is 0 Å². The van der Waals surface area contributed by atoms with Crippen LogP contribution in [0, 0.1) is 5.82 Å². The molecule has 0 bridgehead atoms. The first kappa shape index (κ1) is 20.3. The maximum Gasteiger partial charge on any atom is 0.331 e. The van der Waals surface area contributed by atoms with E-state index in [0.717, 1.165) is 12.1 Å². The third-order valence-electron chi connectivity index (χ3n) is 3.34. The molecule has 1 N–H and O–H groups in total. The van der Waals surface area contributed by atoms with E-state index in [1.54, 1.807) is 18.2 Å². The normalized spacial score (nSPS) is 10.5. The van der Waals surface area contributed by atoms with Crippen molar-refractivity contribution in [1.82, 2.24) is 0 Å². The predicted molar refractivity (Wildman–Crippen MR) is 99.6 cm³/mol. The molecule has 142 valence electrons. The van der Waals surface area contributed by atoms with Gasteiger partial charge < -0.3 is 19.5 Å². The molecule has 2 aromatic rings. The highest BCUT2D eigenvalue weighted by molar-refractivity contribution is 6.33. The van der Waals surface area contributed by atoms with Gasteiger partial charge in [-0.25, -0.2) is 9.18 Å². The summed E-state index contributed by atoms with van der Waals surface area (Å²) in [7, 11) is 3.03. The molecule has 1 amide bonds. The number of esters is 1. The van der Waals surface area contributed by atoms with Crippen molar-refractivity contribution >= 4 is 35.2 Å². The Morgan fingerprint density at radius 2 is 1.78 bits per heavy atom. The van der Waals surface area contributed by atoms with Crippen molar-refractivity contribution in [3.05, 3.63) is 58.9 Å². The SMILES string of the molecule is COc1cc(/C=C/C(=O)OCC(=O)Nc2ccc(F)cc2Cl)cc(OC)c1. The molecule has 0 aliphatic carbocycles. The minimum Gasteiger partial charge on any atom is -0.497 e. The maximum atomic E-state index is 13.0. The second-order valence-electron chi connectivity index (χ2n) is 5.26. The van der Waals surface area contributed by atoms with Gasteiger partial charge in [-0.1, -0.05) is 11.6 Å². The van der Waals surface area contributed by atoms with E-state index in [0.29, 0.717) is 17.1 Å². The highest BCUT2D eigenvalue weighted by Gasteiger charge is 2.09. The standard InChI is InChI=1S/C19H17ClFNO5/c1-25-14-7-12(8-15(10-14)26-2)3-6-19(24)27-11-18(23)22-17-5-4-13(21)9-16(17)20/h3-10H,11H2,1-2H3,(H,22,23)/b6-3+. The Morgan fingerprint density at radius 1 is 1.11 bits per heavy atom. The van der Waals surface area contributed by atoms with Crippen molar-refractivity contribution in [2.24, 2.45) is 0 Å². The zero-order valence-corrected chi connectivity index (χ0v) is 15.4. The van der Waals surface area contributed by atoms with Crippen LogP contribution in [0.3, 0.4) is 0 Å². The Morgan fingerprint density at radius 3 is 2.37 bits per heavy atom. The van der Waals surface area contributed by atoms with Gasteiger partial charge in [0.05, 0.1) is 24.9 Å². The number of anilines is 1. The van der Waals surface area contributed by atoms with E-state index >= 15 is 0 Å². The van der Waals surface area contributed by atoms with E-state index in [2.05, 4.69) is 5.32 Å². The van der Waals surface area contributed by atoms with E-state index in [-0.39, 0.29) is 10.7 Å². The zero-order valence-electron chi connectivity index (χ0n) is 14.6. The van der Waals surface area contributed by atoms with Crippen molar-refractivity contribution in [3.8, 4) is 11.5 Å². The molecule has 0 saturated heterocycles. The third kappa shape index (κ3) is 6.31. The Bertz CT molecular complexity index is 847. The monoisotopic (exact) mass is 393 g/mol. The van der Waals surface area contributed by atoms with Crippen molar-refractivity contribution < 1.29 is 28.2 Å². The number of carbonyl (C=O) groups is 2. The van der Waals surface area contributed by atoms with E-state index in [1.807, 2.05) is 0 Å². The summed E-state index contributed by atoms with van der Waals surface area (Å²) in [4.78, 5) is 23.6. The van der Waals surface area contributed by atoms with Crippen molar-refractivity contribution in [1.29, 1.82) is 0 Å². The largest absolute Gasteiger partial charge is 0.497 e. The van der Waals surface area contributed by atoms with Crippen molar-refractivity contribution in [2.75, 3.05) is 26.1 Å². The van der Waals surface area contributed by atoms with Crippen LogP contribution in [-0.2, 0) is 14.3 Å². The number of hydrogen-bond acceptors (Lipinski definition) is 5. The molecule has 6 nitrogen and oxygen atoms in total. The molecule has 0 aliphatic heterocycles. The Hall–Kier alpha value is -3.06. The maximum absolute atomic E-state index is 13.0. The van der Waals surface area contributed by atoms with E-state index in [4.69, 9.17) is 25.8 Å². The highest BCUT2D eigenvalue weighted by Crippen LogP contribution is 2.23. The van der Waals surface area contributed by atoms with Crippen molar-refractivity contribution in [2.45, 2.75) is 0 Å². The van der Waals surface area contributed by atoms with Crippen LogP contribution < -0.4 is 14.8 Å². The molecule has 8 heteroatoms. The number of nitrogens with one attached hydrogen (secondary N) is 1. The Kier molecular flexibility index (Phi) is 7.19. The molecule has 0 heterocycles. The van der Waals surface area contributed by atoms with Crippen LogP contribution in [0.2, 0.25) is 5.02 Å². The smallest absolute Gasteiger partial charge is 0.331 e. The molecule has 2 aromatic carbocycles. The minimum atomic E-state index is -0.711. The van der Waals surface area contributed by atoms with Crippen LogP contribution in [-0.4, -0.2) is 32.7 Å². The Balaban J connectivity index is 1.90. The average Bonchev–Trinajstić information content (AvgIpc) is 2.66. The Labute approximate surface area is 160 Å². The lowest BCUT2D eigenvalue weighted by molar-refractivity contribution is -0.142.